The molecule has 0 saturated carbocycles. The van der Waals surface area contributed by atoms with E-state index in [0.717, 1.165) is 17.8 Å². The Morgan fingerprint density at radius 2 is 1.93 bits per heavy atom. The molecule has 82 valence electrons. The van der Waals surface area contributed by atoms with Gasteiger partial charge in [0.1, 0.15) is 0 Å². The average Bonchev–Trinajstić information content (AvgIpc) is 2.06. The summed E-state index contributed by atoms with van der Waals surface area (Å²) in [6.07, 6.45) is 2.82. The Kier molecular flexibility index (Phi) is 3.45. The summed E-state index contributed by atoms with van der Waals surface area (Å²) >= 11 is 0. The highest BCUT2D eigenvalue weighted by Crippen LogP contribution is 2.21. The zero-order valence-corrected chi connectivity index (χ0v) is 9.63. The van der Waals surface area contributed by atoms with Crippen LogP contribution in [0, 0.1) is 17.8 Å². The van der Waals surface area contributed by atoms with Gasteiger partial charge in [0, 0.05) is 6.54 Å². The Morgan fingerprint density at radius 3 is 2.43 bits per heavy atom. The number of hydrogen-bond donors (Lipinski definition) is 1. The van der Waals surface area contributed by atoms with Gasteiger partial charge in [0.15, 0.2) is 0 Å². The van der Waals surface area contributed by atoms with Gasteiger partial charge in [-0.05, 0) is 56.8 Å². The first-order chi connectivity index (χ1) is 6.75. The van der Waals surface area contributed by atoms with Crippen LogP contribution in [0.25, 0.3) is 0 Å². The molecule has 1 unspecified atom stereocenters. The van der Waals surface area contributed by atoms with E-state index in [1.54, 1.807) is 0 Å². The van der Waals surface area contributed by atoms with Crippen molar-refractivity contribution in [1.82, 2.24) is 10.2 Å². The van der Waals surface area contributed by atoms with E-state index in [9.17, 15) is 0 Å². The van der Waals surface area contributed by atoms with E-state index in [1.165, 1.54) is 45.6 Å². The Labute approximate surface area is 88.1 Å². The number of hydrogen-bond acceptors (Lipinski definition) is 2. The molecule has 0 bridgehead atoms. The minimum Gasteiger partial charge on any atom is -0.316 e. The molecule has 0 amide bonds. The lowest BCUT2D eigenvalue weighted by Gasteiger charge is -2.38. The minimum absolute atomic E-state index is 0.893. The van der Waals surface area contributed by atoms with Gasteiger partial charge in [-0.1, -0.05) is 13.8 Å². The summed E-state index contributed by atoms with van der Waals surface area (Å²) in [4.78, 5) is 2.67. The Bertz CT molecular complexity index is 169. The summed E-state index contributed by atoms with van der Waals surface area (Å²) in [7, 11) is 0. The molecule has 2 aliphatic heterocycles. The van der Waals surface area contributed by atoms with Gasteiger partial charge in [-0.25, -0.2) is 0 Å². The molecule has 0 aromatic heterocycles. The number of nitrogens with one attached hydrogen (secondary N) is 1. The maximum absolute atomic E-state index is 3.37. The van der Waals surface area contributed by atoms with Gasteiger partial charge in [0.25, 0.3) is 0 Å². The van der Waals surface area contributed by atoms with Gasteiger partial charge in [0.2, 0.25) is 0 Å². The molecule has 1 N–H and O–H groups in total. The van der Waals surface area contributed by atoms with Crippen LogP contribution in [0.2, 0.25) is 0 Å². The Hall–Kier alpha value is -0.0800. The summed E-state index contributed by atoms with van der Waals surface area (Å²) < 4.78 is 0. The third-order valence-corrected chi connectivity index (χ3v) is 4.04. The lowest BCUT2D eigenvalue weighted by atomic mass is 9.88. The number of piperidine rings is 1. The highest BCUT2D eigenvalue weighted by atomic mass is 15.1. The van der Waals surface area contributed by atoms with Crippen molar-refractivity contribution < 1.29 is 0 Å². The van der Waals surface area contributed by atoms with Crippen LogP contribution in [0.1, 0.15) is 26.7 Å². The molecule has 0 aromatic rings. The molecule has 2 heterocycles. The molecule has 2 nitrogen and oxygen atoms in total. The summed E-state index contributed by atoms with van der Waals surface area (Å²) in [6.45, 7) is 11.3. The fraction of sp³-hybridized carbons (Fsp3) is 1.00. The molecular formula is C12H24N2. The summed E-state index contributed by atoms with van der Waals surface area (Å²) in [6, 6.07) is 0. The third-order valence-electron chi connectivity index (χ3n) is 4.04. The molecule has 14 heavy (non-hydrogen) atoms. The van der Waals surface area contributed by atoms with Crippen molar-refractivity contribution in [2.45, 2.75) is 26.7 Å². The predicted molar refractivity (Wildman–Crippen MR) is 60.4 cm³/mol. The van der Waals surface area contributed by atoms with Gasteiger partial charge < -0.3 is 10.2 Å². The number of rotatable bonds is 3. The second-order valence-electron chi connectivity index (χ2n) is 5.38. The fourth-order valence-corrected chi connectivity index (χ4v) is 2.51. The number of likely N-dealkylation sites (tertiary alicyclic amines) is 1. The molecular weight excluding hydrogens is 172 g/mol. The van der Waals surface area contributed by atoms with Crippen LogP contribution in [-0.4, -0.2) is 37.6 Å². The van der Waals surface area contributed by atoms with Gasteiger partial charge in [-0.15, -0.1) is 0 Å². The van der Waals surface area contributed by atoms with Crippen molar-refractivity contribution >= 4 is 0 Å². The molecule has 0 aromatic carbocycles. The topological polar surface area (TPSA) is 15.3 Å². The van der Waals surface area contributed by atoms with Crippen LogP contribution in [0.3, 0.4) is 0 Å². The molecule has 2 fully saturated rings. The zero-order valence-electron chi connectivity index (χ0n) is 9.63. The monoisotopic (exact) mass is 196 g/mol. The van der Waals surface area contributed by atoms with Crippen LogP contribution in [0.5, 0.6) is 0 Å². The zero-order chi connectivity index (χ0) is 9.97. The van der Waals surface area contributed by atoms with E-state index >= 15 is 0 Å². The van der Waals surface area contributed by atoms with E-state index in [0.29, 0.717) is 0 Å². The SMILES string of the molecule is CC1CCN(CC(C)C2CNC2)CC1. The first kappa shape index (κ1) is 10.4. The van der Waals surface area contributed by atoms with Crippen LogP contribution < -0.4 is 5.32 Å². The molecule has 0 radical (unpaired) electrons. The highest BCUT2D eigenvalue weighted by molar-refractivity contribution is 4.82. The molecule has 2 heteroatoms. The van der Waals surface area contributed by atoms with Crippen LogP contribution in [-0.2, 0) is 0 Å². The normalized spacial score (nSPS) is 28.7. The maximum Gasteiger partial charge on any atom is 0.00106 e. The Morgan fingerprint density at radius 1 is 1.29 bits per heavy atom. The van der Waals surface area contributed by atoms with Gasteiger partial charge >= 0.3 is 0 Å². The standard InChI is InChI=1S/C12H24N2/c1-10-3-5-14(6-4-10)9-11(2)12-7-13-8-12/h10-13H,3-9H2,1-2H3. The Balaban J connectivity index is 1.68. The number of nitrogens with zero attached hydrogens (tertiary/aromatic N) is 1. The van der Waals surface area contributed by atoms with Crippen LogP contribution in [0.15, 0.2) is 0 Å². The molecule has 0 spiro atoms. The van der Waals surface area contributed by atoms with Crippen LogP contribution >= 0.6 is 0 Å². The molecule has 0 aliphatic carbocycles. The summed E-state index contributed by atoms with van der Waals surface area (Å²) in [5.74, 6) is 2.81. The highest BCUT2D eigenvalue weighted by Gasteiger charge is 2.26. The quantitative estimate of drug-likeness (QED) is 0.737. The van der Waals surface area contributed by atoms with E-state index < -0.39 is 0 Å². The minimum atomic E-state index is 0.893. The maximum atomic E-state index is 3.37. The second kappa shape index (κ2) is 4.63. The van der Waals surface area contributed by atoms with Crippen molar-refractivity contribution in [2.24, 2.45) is 17.8 Å². The molecule has 2 saturated heterocycles. The smallest absolute Gasteiger partial charge is 0.00106 e. The van der Waals surface area contributed by atoms with E-state index in [1.807, 2.05) is 0 Å². The van der Waals surface area contributed by atoms with Gasteiger partial charge in [-0.3, -0.25) is 0 Å². The first-order valence-electron chi connectivity index (χ1n) is 6.19. The largest absolute Gasteiger partial charge is 0.316 e. The van der Waals surface area contributed by atoms with Crippen molar-refractivity contribution in [3.8, 4) is 0 Å². The molecule has 2 aliphatic rings. The summed E-state index contributed by atoms with van der Waals surface area (Å²) in [5.41, 5.74) is 0. The van der Waals surface area contributed by atoms with Gasteiger partial charge in [-0.2, -0.15) is 0 Å². The van der Waals surface area contributed by atoms with Crippen molar-refractivity contribution in [3.05, 3.63) is 0 Å². The second-order valence-corrected chi connectivity index (χ2v) is 5.38. The van der Waals surface area contributed by atoms with Crippen molar-refractivity contribution in [2.75, 3.05) is 32.7 Å². The fourth-order valence-electron chi connectivity index (χ4n) is 2.51. The summed E-state index contributed by atoms with van der Waals surface area (Å²) in [5, 5.41) is 3.37. The molecule has 2 rings (SSSR count). The average molecular weight is 196 g/mol. The lowest BCUT2D eigenvalue weighted by Crippen LogP contribution is -2.49. The third kappa shape index (κ3) is 2.48. The molecule has 1 atom stereocenters. The van der Waals surface area contributed by atoms with E-state index in [-0.39, 0.29) is 0 Å². The van der Waals surface area contributed by atoms with Gasteiger partial charge in [0.05, 0.1) is 0 Å². The first-order valence-corrected chi connectivity index (χ1v) is 6.19. The van der Waals surface area contributed by atoms with Crippen molar-refractivity contribution in [3.63, 3.8) is 0 Å². The van der Waals surface area contributed by atoms with Crippen molar-refractivity contribution in [1.29, 1.82) is 0 Å². The lowest BCUT2D eigenvalue weighted by molar-refractivity contribution is 0.132. The van der Waals surface area contributed by atoms with Crippen LogP contribution in [0.4, 0.5) is 0 Å². The van der Waals surface area contributed by atoms with E-state index in [2.05, 4.69) is 24.1 Å². The van der Waals surface area contributed by atoms with E-state index in [4.69, 9.17) is 0 Å². The predicted octanol–water partition coefficient (Wildman–Crippen LogP) is 1.57.